The van der Waals surface area contributed by atoms with Crippen molar-refractivity contribution in [3.63, 3.8) is 0 Å². The van der Waals surface area contributed by atoms with Gasteiger partial charge in [-0.25, -0.2) is 13.1 Å². The molecule has 0 unspecified atom stereocenters. The van der Waals surface area contributed by atoms with Crippen molar-refractivity contribution in [3.05, 3.63) is 12.4 Å². The van der Waals surface area contributed by atoms with E-state index in [0.29, 0.717) is 32.9 Å². The Morgan fingerprint density at radius 1 is 1.40 bits per heavy atom. The Morgan fingerprint density at radius 3 is 2.90 bits per heavy atom. The number of sulfonamides is 1. The van der Waals surface area contributed by atoms with Crippen LogP contribution in [0, 0.1) is 0 Å². The number of methoxy groups -OCH3 is 1. The molecule has 0 aliphatic carbocycles. The molecule has 0 fully saturated rings. The molecule has 1 aromatic heterocycles. The van der Waals surface area contributed by atoms with E-state index in [4.69, 9.17) is 15.2 Å². The highest BCUT2D eigenvalue weighted by atomic mass is 32.2. The van der Waals surface area contributed by atoms with Crippen LogP contribution >= 0.6 is 0 Å². The molecular weight excluding hydrogens is 284 g/mol. The smallest absolute Gasteiger partial charge is 0.243 e. The lowest BCUT2D eigenvalue weighted by Gasteiger charge is -2.05. The van der Waals surface area contributed by atoms with E-state index in [0.717, 1.165) is 6.42 Å². The molecule has 0 radical (unpaired) electrons. The van der Waals surface area contributed by atoms with Gasteiger partial charge in [0.1, 0.15) is 4.90 Å². The van der Waals surface area contributed by atoms with Crippen LogP contribution < -0.4 is 10.5 Å². The Hall–Kier alpha value is -1.00. The Kier molecular flexibility index (Phi) is 7.70. The summed E-state index contributed by atoms with van der Waals surface area (Å²) in [5.74, 6) is 0. The van der Waals surface area contributed by atoms with Gasteiger partial charge in [0.25, 0.3) is 0 Å². The number of aromatic nitrogens is 2. The minimum Gasteiger partial charge on any atom is -0.382 e. The fourth-order valence-corrected chi connectivity index (χ4v) is 2.40. The SMILES string of the molecule is COCCOCCNS(=O)(=O)c1cnn(CCCN)c1. The third kappa shape index (κ3) is 5.97. The first kappa shape index (κ1) is 17.1. The average Bonchev–Trinajstić information content (AvgIpc) is 2.90. The van der Waals surface area contributed by atoms with Crippen LogP contribution in [0.5, 0.6) is 0 Å². The van der Waals surface area contributed by atoms with Crippen molar-refractivity contribution in [1.82, 2.24) is 14.5 Å². The first-order valence-electron chi connectivity index (χ1n) is 6.39. The van der Waals surface area contributed by atoms with Gasteiger partial charge in [0.15, 0.2) is 0 Å². The van der Waals surface area contributed by atoms with Gasteiger partial charge in [-0.1, -0.05) is 0 Å². The molecule has 1 aromatic rings. The number of nitrogens with zero attached hydrogens (tertiary/aromatic N) is 2. The van der Waals surface area contributed by atoms with Gasteiger partial charge in [-0.2, -0.15) is 5.10 Å². The summed E-state index contributed by atoms with van der Waals surface area (Å²) in [4.78, 5) is 0.145. The second kappa shape index (κ2) is 9.03. The fraction of sp³-hybridized carbons (Fsp3) is 0.727. The van der Waals surface area contributed by atoms with Crippen LogP contribution in [0.2, 0.25) is 0 Å². The van der Waals surface area contributed by atoms with Gasteiger partial charge in [-0.05, 0) is 13.0 Å². The predicted molar refractivity (Wildman–Crippen MR) is 73.8 cm³/mol. The topological polar surface area (TPSA) is 108 Å². The number of ether oxygens (including phenoxy) is 2. The lowest BCUT2D eigenvalue weighted by Crippen LogP contribution is -2.27. The molecule has 1 heterocycles. The molecule has 0 saturated carbocycles. The Labute approximate surface area is 119 Å². The van der Waals surface area contributed by atoms with Crippen molar-refractivity contribution >= 4 is 10.0 Å². The number of nitrogens with one attached hydrogen (secondary N) is 1. The first-order chi connectivity index (χ1) is 9.60. The van der Waals surface area contributed by atoms with Crippen molar-refractivity contribution < 1.29 is 17.9 Å². The molecule has 3 N–H and O–H groups in total. The zero-order chi connectivity index (χ0) is 14.8. The van der Waals surface area contributed by atoms with Crippen LogP contribution in [0.3, 0.4) is 0 Å². The predicted octanol–water partition coefficient (Wildman–Crippen LogP) is -0.827. The standard InChI is InChI=1S/C11H22N4O4S/c1-18-7-8-19-6-4-14-20(16,17)11-9-13-15(10-11)5-2-3-12/h9-10,14H,2-8,12H2,1H3. The van der Waals surface area contributed by atoms with Crippen LogP contribution in [0.25, 0.3) is 0 Å². The van der Waals surface area contributed by atoms with Gasteiger partial charge in [-0.15, -0.1) is 0 Å². The molecule has 1 rings (SSSR count). The minimum absolute atomic E-state index is 0.145. The first-order valence-corrected chi connectivity index (χ1v) is 7.87. The summed E-state index contributed by atoms with van der Waals surface area (Å²) >= 11 is 0. The van der Waals surface area contributed by atoms with E-state index >= 15 is 0 Å². The van der Waals surface area contributed by atoms with Crippen LogP contribution in [-0.2, 0) is 26.0 Å². The fourth-order valence-electron chi connectivity index (χ4n) is 1.43. The summed E-state index contributed by atoms with van der Waals surface area (Å²) in [6.45, 7) is 2.57. The monoisotopic (exact) mass is 306 g/mol. The second-order valence-corrected chi connectivity index (χ2v) is 5.85. The van der Waals surface area contributed by atoms with E-state index in [-0.39, 0.29) is 11.4 Å². The summed E-state index contributed by atoms with van der Waals surface area (Å²) in [5.41, 5.74) is 5.39. The van der Waals surface area contributed by atoms with Crippen molar-refractivity contribution in [2.75, 3.05) is 40.0 Å². The van der Waals surface area contributed by atoms with Crippen molar-refractivity contribution in [1.29, 1.82) is 0 Å². The quantitative estimate of drug-likeness (QED) is 0.517. The van der Waals surface area contributed by atoms with Crippen molar-refractivity contribution in [3.8, 4) is 0 Å². The summed E-state index contributed by atoms with van der Waals surface area (Å²) in [6.07, 6.45) is 3.57. The highest BCUT2D eigenvalue weighted by Gasteiger charge is 2.15. The zero-order valence-electron chi connectivity index (χ0n) is 11.6. The maximum Gasteiger partial charge on any atom is 0.243 e. The molecule has 0 aromatic carbocycles. The largest absolute Gasteiger partial charge is 0.382 e. The molecule has 20 heavy (non-hydrogen) atoms. The molecule has 8 nitrogen and oxygen atoms in total. The molecule has 0 aliphatic heterocycles. The van der Waals surface area contributed by atoms with Gasteiger partial charge in [0, 0.05) is 26.4 Å². The number of rotatable bonds is 11. The maximum atomic E-state index is 11.9. The van der Waals surface area contributed by atoms with E-state index in [9.17, 15) is 8.42 Å². The molecule has 0 aliphatic rings. The zero-order valence-corrected chi connectivity index (χ0v) is 12.4. The van der Waals surface area contributed by atoms with Crippen molar-refractivity contribution in [2.45, 2.75) is 17.9 Å². The number of nitrogens with two attached hydrogens (primary N) is 1. The molecular formula is C11H22N4O4S. The third-order valence-corrected chi connectivity index (χ3v) is 3.90. The number of hydrogen-bond donors (Lipinski definition) is 2. The highest BCUT2D eigenvalue weighted by molar-refractivity contribution is 7.89. The van der Waals surface area contributed by atoms with Crippen LogP contribution in [-0.4, -0.2) is 58.2 Å². The molecule has 116 valence electrons. The van der Waals surface area contributed by atoms with E-state index in [1.54, 1.807) is 11.8 Å². The maximum absolute atomic E-state index is 11.9. The van der Waals surface area contributed by atoms with Gasteiger partial charge in [0.05, 0.1) is 26.0 Å². The molecule has 0 atom stereocenters. The lowest BCUT2D eigenvalue weighted by molar-refractivity contribution is 0.0736. The second-order valence-electron chi connectivity index (χ2n) is 4.08. The lowest BCUT2D eigenvalue weighted by atomic mass is 10.4. The van der Waals surface area contributed by atoms with Gasteiger partial charge in [-0.3, -0.25) is 4.68 Å². The minimum atomic E-state index is -3.53. The normalized spacial score (nSPS) is 11.9. The summed E-state index contributed by atoms with van der Waals surface area (Å²) in [5, 5.41) is 3.98. The molecule has 0 spiro atoms. The van der Waals surface area contributed by atoms with E-state index < -0.39 is 10.0 Å². The van der Waals surface area contributed by atoms with Gasteiger partial charge >= 0.3 is 0 Å². The third-order valence-electron chi connectivity index (χ3n) is 2.48. The molecule has 0 amide bonds. The average molecular weight is 306 g/mol. The van der Waals surface area contributed by atoms with Gasteiger partial charge < -0.3 is 15.2 Å². The highest BCUT2D eigenvalue weighted by Crippen LogP contribution is 2.06. The summed E-state index contributed by atoms with van der Waals surface area (Å²) in [6, 6.07) is 0. The van der Waals surface area contributed by atoms with Crippen molar-refractivity contribution in [2.24, 2.45) is 5.73 Å². The van der Waals surface area contributed by atoms with Crippen LogP contribution in [0.1, 0.15) is 6.42 Å². The molecule has 9 heteroatoms. The van der Waals surface area contributed by atoms with E-state index in [2.05, 4.69) is 9.82 Å². The Morgan fingerprint density at radius 2 is 2.20 bits per heavy atom. The Bertz CT molecular complexity index is 475. The van der Waals surface area contributed by atoms with Crippen LogP contribution in [0.15, 0.2) is 17.3 Å². The summed E-state index contributed by atoms with van der Waals surface area (Å²) < 4.78 is 37.9. The molecule has 0 bridgehead atoms. The number of aryl methyl sites for hydroxylation is 1. The molecule has 0 saturated heterocycles. The van der Waals surface area contributed by atoms with Gasteiger partial charge in [0.2, 0.25) is 10.0 Å². The van der Waals surface area contributed by atoms with E-state index in [1.165, 1.54) is 12.4 Å². The Balaban J connectivity index is 2.38. The van der Waals surface area contributed by atoms with E-state index in [1.807, 2.05) is 0 Å². The van der Waals surface area contributed by atoms with Crippen LogP contribution in [0.4, 0.5) is 0 Å². The summed E-state index contributed by atoms with van der Waals surface area (Å²) in [7, 11) is -1.96. The number of hydrogen-bond acceptors (Lipinski definition) is 6.